The van der Waals surface area contributed by atoms with Gasteiger partial charge in [0.15, 0.2) is 6.61 Å². The van der Waals surface area contributed by atoms with Gasteiger partial charge in [-0.1, -0.05) is 29.3 Å². The van der Waals surface area contributed by atoms with Crippen LogP contribution in [0.4, 0.5) is 24.5 Å². The molecule has 0 unspecified atom stereocenters. The zero-order valence-corrected chi connectivity index (χ0v) is 18.8. The number of carbonyl (C=O) groups excluding carboxylic acids is 1. The summed E-state index contributed by atoms with van der Waals surface area (Å²) in [6.07, 6.45) is -4.60. The van der Waals surface area contributed by atoms with Crippen LogP contribution in [0.2, 0.25) is 10.0 Å². The lowest BCUT2D eigenvalue weighted by Crippen LogP contribution is -2.20. The Balaban J connectivity index is 1.61. The number of amides is 1. The number of hydrogen-bond acceptors (Lipinski definition) is 4. The van der Waals surface area contributed by atoms with Crippen LogP contribution in [0, 0.1) is 0 Å². The molecule has 1 amide bonds. The summed E-state index contributed by atoms with van der Waals surface area (Å²) in [5, 5.41) is 3.17. The number of anilines is 2. The first-order valence-corrected chi connectivity index (χ1v) is 11.4. The Hall–Kier alpha value is -2.95. The summed E-state index contributed by atoms with van der Waals surface area (Å²) in [5.74, 6) is -0.284. The van der Waals surface area contributed by atoms with Crippen LogP contribution in [0.25, 0.3) is 0 Å². The van der Waals surface area contributed by atoms with Gasteiger partial charge in [-0.25, -0.2) is 8.42 Å². The number of halogens is 5. The van der Waals surface area contributed by atoms with Crippen molar-refractivity contribution >= 4 is 50.5 Å². The molecule has 174 valence electrons. The van der Waals surface area contributed by atoms with Crippen LogP contribution >= 0.6 is 23.2 Å². The van der Waals surface area contributed by atoms with Crippen molar-refractivity contribution in [3.63, 3.8) is 0 Å². The van der Waals surface area contributed by atoms with Crippen molar-refractivity contribution in [2.75, 3.05) is 16.6 Å². The Morgan fingerprint density at radius 1 is 0.909 bits per heavy atom. The molecule has 33 heavy (non-hydrogen) atoms. The van der Waals surface area contributed by atoms with E-state index in [0.717, 1.165) is 12.1 Å². The lowest BCUT2D eigenvalue weighted by Gasteiger charge is -2.12. The number of rotatable bonds is 7. The second-order valence-electron chi connectivity index (χ2n) is 6.62. The number of benzene rings is 3. The van der Waals surface area contributed by atoms with Crippen molar-refractivity contribution in [1.82, 2.24) is 0 Å². The SMILES string of the molecule is O=C(COc1ccc(S(=O)(=O)Nc2cccc(C(F)(F)F)c2)cc1)Nc1ccc(Cl)c(Cl)c1. The molecular formula is C21H15Cl2F3N2O4S. The van der Waals surface area contributed by atoms with Gasteiger partial charge in [0.1, 0.15) is 5.75 Å². The van der Waals surface area contributed by atoms with E-state index in [1.807, 2.05) is 0 Å². The van der Waals surface area contributed by atoms with Crippen LogP contribution in [0.15, 0.2) is 71.6 Å². The number of sulfonamides is 1. The predicted octanol–water partition coefficient (Wildman–Crippen LogP) is 5.83. The first kappa shape index (κ1) is 24.7. The van der Waals surface area contributed by atoms with E-state index in [1.165, 1.54) is 42.5 Å². The van der Waals surface area contributed by atoms with Gasteiger partial charge in [-0.3, -0.25) is 9.52 Å². The van der Waals surface area contributed by atoms with E-state index < -0.39 is 27.7 Å². The molecule has 0 spiro atoms. The minimum atomic E-state index is -4.60. The largest absolute Gasteiger partial charge is 0.484 e. The fourth-order valence-corrected chi connectivity index (χ4v) is 3.96. The van der Waals surface area contributed by atoms with Crippen LogP contribution in [0.5, 0.6) is 5.75 Å². The van der Waals surface area contributed by atoms with E-state index in [0.29, 0.717) is 16.8 Å². The summed E-state index contributed by atoms with van der Waals surface area (Å²) >= 11 is 11.7. The normalized spacial score (nSPS) is 11.7. The Morgan fingerprint density at radius 2 is 1.61 bits per heavy atom. The topological polar surface area (TPSA) is 84.5 Å². The molecule has 0 saturated carbocycles. The maximum Gasteiger partial charge on any atom is 0.416 e. The van der Waals surface area contributed by atoms with Crippen molar-refractivity contribution < 1.29 is 31.1 Å². The van der Waals surface area contributed by atoms with E-state index >= 15 is 0 Å². The molecule has 0 atom stereocenters. The number of ether oxygens (including phenoxy) is 1. The third-order valence-corrected chi connectivity index (χ3v) is 6.29. The summed E-state index contributed by atoms with van der Waals surface area (Å²) in [5.41, 5.74) is -0.796. The minimum absolute atomic E-state index is 0.201. The lowest BCUT2D eigenvalue weighted by atomic mass is 10.2. The highest BCUT2D eigenvalue weighted by atomic mass is 35.5. The third-order valence-electron chi connectivity index (χ3n) is 4.15. The molecule has 0 aliphatic heterocycles. The summed E-state index contributed by atoms with van der Waals surface area (Å²) in [6.45, 7) is -0.366. The Morgan fingerprint density at radius 3 is 2.24 bits per heavy atom. The third kappa shape index (κ3) is 6.77. The van der Waals surface area contributed by atoms with Gasteiger partial charge in [0.2, 0.25) is 0 Å². The van der Waals surface area contributed by atoms with Crippen molar-refractivity contribution in [3.05, 3.63) is 82.3 Å². The highest BCUT2D eigenvalue weighted by Crippen LogP contribution is 2.31. The molecule has 0 aliphatic carbocycles. The molecule has 3 aromatic carbocycles. The standard InChI is InChI=1S/C21H15Cl2F3N2O4S/c22-18-9-4-14(11-19(18)23)27-20(29)12-32-16-5-7-17(8-6-16)33(30,31)28-15-3-1-2-13(10-15)21(24,25)26/h1-11,28H,12H2,(H,27,29). The van der Waals surface area contributed by atoms with Gasteiger partial charge in [-0.2, -0.15) is 13.2 Å². The van der Waals surface area contributed by atoms with Crippen molar-refractivity contribution in [1.29, 1.82) is 0 Å². The Bertz CT molecular complexity index is 1270. The van der Waals surface area contributed by atoms with Gasteiger partial charge in [0.25, 0.3) is 15.9 Å². The molecule has 12 heteroatoms. The van der Waals surface area contributed by atoms with Crippen LogP contribution in [0.1, 0.15) is 5.56 Å². The second-order valence-corrected chi connectivity index (χ2v) is 9.12. The fourth-order valence-electron chi connectivity index (χ4n) is 2.61. The number of hydrogen-bond donors (Lipinski definition) is 2. The minimum Gasteiger partial charge on any atom is -0.484 e. The first-order valence-electron chi connectivity index (χ1n) is 9.12. The van der Waals surface area contributed by atoms with Crippen LogP contribution in [0.3, 0.4) is 0 Å². The van der Waals surface area contributed by atoms with Crippen LogP contribution in [-0.2, 0) is 21.0 Å². The van der Waals surface area contributed by atoms with Crippen LogP contribution in [-0.4, -0.2) is 20.9 Å². The van der Waals surface area contributed by atoms with Crippen molar-refractivity contribution in [3.8, 4) is 5.75 Å². The average Bonchev–Trinajstić information content (AvgIpc) is 2.74. The molecule has 0 aliphatic rings. The predicted molar refractivity (Wildman–Crippen MR) is 119 cm³/mol. The monoisotopic (exact) mass is 518 g/mol. The van der Waals surface area contributed by atoms with Crippen LogP contribution < -0.4 is 14.8 Å². The summed E-state index contributed by atoms with van der Waals surface area (Å²) < 4.78 is 70.8. The first-order chi connectivity index (χ1) is 15.4. The number of nitrogens with one attached hydrogen (secondary N) is 2. The molecule has 2 N–H and O–H groups in total. The molecule has 0 saturated heterocycles. The van der Waals surface area contributed by atoms with E-state index in [-0.39, 0.29) is 28.0 Å². The molecule has 3 aromatic rings. The highest BCUT2D eigenvalue weighted by molar-refractivity contribution is 7.92. The van der Waals surface area contributed by atoms with Crippen molar-refractivity contribution in [2.24, 2.45) is 0 Å². The van der Waals surface area contributed by atoms with E-state index in [9.17, 15) is 26.4 Å². The van der Waals surface area contributed by atoms with Gasteiger partial charge in [-0.05, 0) is 60.7 Å². The molecule has 3 rings (SSSR count). The summed E-state index contributed by atoms with van der Waals surface area (Å²) in [7, 11) is -4.15. The van der Waals surface area contributed by atoms with E-state index in [4.69, 9.17) is 27.9 Å². The molecule has 6 nitrogen and oxygen atoms in total. The van der Waals surface area contributed by atoms with Gasteiger partial charge < -0.3 is 10.1 Å². The smallest absolute Gasteiger partial charge is 0.416 e. The molecule has 0 radical (unpaired) electrons. The lowest BCUT2D eigenvalue weighted by molar-refractivity contribution is -0.137. The maximum absolute atomic E-state index is 12.8. The second kappa shape index (κ2) is 9.90. The van der Waals surface area contributed by atoms with E-state index in [2.05, 4.69) is 10.0 Å². The summed E-state index contributed by atoms with van der Waals surface area (Å²) in [4.78, 5) is 11.8. The van der Waals surface area contributed by atoms with Gasteiger partial charge in [0, 0.05) is 11.4 Å². The van der Waals surface area contributed by atoms with Crippen molar-refractivity contribution in [2.45, 2.75) is 11.1 Å². The molecule has 0 aromatic heterocycles. The van der Waals surface area contributed by atoms with Gasteiger partial charge >= 0.3 is 6.18 Å². The number of carbonyl (C=O) groups is 1. The van der Waals surface area contributed by atoms with Gasteiger partial charge in [0.05, 0.1) is 20.5 Å². The molecule has 0 heterocycles. The fraction of sp³-hybridized carbons (Fsp3) is 0.0952. The zero-order valence-electron chi connectivity index (χ0n) is 16.5. The Labute approximate surface area is 197 Å². The zero-order chi connectivity index (χ0) is 24.2. The van der Waals surface area contributed by atoms with E-state index in [1.54, 1.807) is 6.07 Å². The Kier molecular flexibility index (Phi) is 7.41. The van der Waals surface area contributed by atoms with Gasteiger partial charge in [-0.15, -0.1) is 0 Å². The molecule has 0 fully saturated rings. The molecular weight excluding hydrogens is 504 g/mol. The highest BCUT2D eigenvalue weighted by Gasteiger charge is 2.30. The molecule has 0 bridgehead atoms. The quantitative estimate of drug-likeness (QED) is 0.412. The number of alkyl halides is 3. The average molecular weight is 519 g/mol. The summed E-state index contributed by atoms with van der Waals surface area (Å²) in [6, 6.07) is 13.4. The maximum atomic E-state index is 12.8.